The van der Waals surface area contributed by atoms with E-state index in [1.54, 1.807) is 17.6 Å². The van der Waals surface area contributed by atoms with Crippen LogP contribution in [-0.4, -0.2) is 39.5 Å². The van der Waals surface area contributed by atoms with Gasteiger partial charge in [-0.05, 0) is 50.6 Å². The molecule has 2 aromatic carbocycles. The summed E-state index contributed by atoms with van der Waals surface area (Å²) < 4.78 is 2.26. The van der Waals surface area contributed by atoms with E-state index < -0.39 is 0 Å². The number of nitrogens with zero attached hydrogens (tertiary/aromatic N) is 4. The van der Waals surface area contributed by atoms with Gasteiger partial charge in [0.2, 0.25) is 5.91 Å². The maximum Gasteiger partial charge on any atom is 0.244 e. The van der Waals surface area contributed by atoms with Crippen molar-refractivity contribution in [3.05, 3.63) is 82.5 Å². The zero-order valence-corrected chi connectivity index (χ0v) is 21.2. The van der Waals surface area contributed by atoms with Crippen molar-refractivity contribution in [2.75, 3.05) is 13.1 Å². The molecule has 184 valence electrons. The number of carbonyl (C=O) groups excluding carboxylic acids is 1. The molecule has 4 aromatic rings. The van der Waals surface area contributed by atoms with E-state index in [1.165, 1.54) is 29.0 Å². The molecule has 3 heterocycles. The van der Waals surface area contributed by atoms with Crippen LogP contribution in [0.1, 0.15) is 47.5 Å². The molecular formula is C29H31N5OS. The second-order valence-electron chi connectivity index (χ2n) is 9.80. The molecule has 7 heteroatoms. The van der Waals surface area contributed by atoms with E-state index in [2.05, 4.69) is 56.2 Å². The number of nitrogens with one attached hydrogen (secondary N) is 1. The summed E-state index contributed by atoms with van der Waals surface area (Å²) in [5.41, 5.74) is 8.43. The van der Waals surface area contributed by atoms with Gasteiger partial charge in [-0.15, -0.1) is 11.3 Å². The number of piperidine rings is 1. The third-order valence-electron chi connectivity index (χ3n) is 7.29. The van der Waals surface area contributed by atoms with Crippen molar-refractivity contribution in [1.29, 1.82) is 0 Å². The molecule has 1 aliphatic carbocycles. The van der Waals surface area contributed by atoms with Gasteiger partial charge in [-0.3, -0.25) is 14.1 Å². The maximum absolute atomic E-state index is 13.1. The molecule has 1 saturated heterocycles. The summed E-state index contributed by atoms with van der Waals surface area (Å²) in [6.07, 6.45) is 8.35. The molecule has 2 aromatic heterocycles. The van der Waals surface area contributed by atoms with E-state index in [9.17, 15) is 4.79 Å². The first-order valence-corrected chi connectivity index (χ1v) is 13.8. The Bertz CT molecular complexity index is 1380. The van der Waals surface area contributed by atoms with Crippen molar-refractivity contribution in [3.8, 4) is 11.3 Å². The molecule has 0 radical (unpaired) electrons. The van der Waals surface area contributed by atoms with Crippen LogP contribution in [0.2, 0.25) is 0 Å². The number of hydrogen-bond donors (Lipinski definition) is 1. The number of likely N-dealkylation sites (tertiary alicyclic amines) is 1. The zero-order valence-electron chi connectivity index (χ0n) is 20.4. The fourth-order valence-electron chi connectivity index (χ4n) is 5.49. The summed E-state index contributed by atoms with van der Waals surface area (Å²) in [6.45, 7) is 2.67. The number of imidazole rings is 1. The van der Waals surface area contributed by atoms with E-state index in [4.69, 9.17) is 4.98 Å². The molecule has 0 bridgehead atoms. The normalized spacial score (nSPS) is 18.5. The van der Waals surface area contributed by atoms with Crippen LogP contribution in [0.15, 0.2) is 65.8 Å². The van der Waals surface area contributed by atoms with E-state index in [1.807, 2.05) is 24.3 Å². The number of fused-ring (bicyclic) bond motifs is 3. The lowest BCUT2D eigenvalue weighted by Crippen LogP contribution is -2.41. The third-order valence-corrected chi connectivity index (χ3v) is 8.43. The Labute approximate surface area is 215 Å². The van der Waals surface area contributed by atoms with Gasteiger partial charge in [0.05, 0.1) is 23.5 Å². The highest BCUT2D eigenvalue weighted by Gasteiger charge is 2.26. The predicted octanol–water partition coefficient (Wildman–Crippen LogP) is 5.30. The summed E-state index contributed by atoms with van der Waals surface area (Å²) in [4.78, 5) is 22.9. The zero-order chi connectivity index (χ0) is 24.3. The van der Waals surface area contributed by atoms with Gasteiger partial charge in [0.15, 0.2) is 4.96 Å². The maximum atomic E-state index is 13.1. The monoisotopic (exact) mass is 497 g/mol. The fourth-order valence-corrected chi connectivity index (χ4v) is 6.70. The molecule has 1 atom stereocenters. The van der Waals surface area contributed by atoms with Crippen molar-refractivity contribution >= 4 is 28.4 Å². The molecular weight excluding hydrogens is 466 g/mol. The molecule has 0 spiro atoms. The predicted molar refractivity (Wildman–Crippen MR) is 145 cm³/mol. The average Bonchev–Trinajstić information content (AvgIpc) is 3.46. The minimum atomic E-state index is -0.0485. The van der Waals surface area contributed by atoms with E-state index in [0.29, 0.717) is 0 Å². The van der Waals surface area contributed by atoms with Gasteiger partial charge < -0.3 is 0 Å². The third kappa shape index (κ3) is 4.73. The highest BCUT2D eigenvalue weighted by molar-refractivity contribution is 7.17. The average molecular weight is 498 g/mol. The highest BCUT2D eigenvalue weighted by Crippen LogP contribution is 2.34. The minimum Gasteiger partial charge on any atom is -0.298 e. The number of aryl methyl sites for hydroxylation is 2. The number of amides is 1. The fraction of sp³-hybridized carbons (Fsp3) is 0.345. The van der Waals surface area contributed by atoms with Crippen LogP contribution in [0.4, 0.5) is 0 Å². The quantitative estimate of drug-likeness (QED) is 0.290. The van der Waals surface area contributed by atoms with Crippen molar-refractivity contribution in [2.24, 2.45) is 11.0 Å². The Morgan fingerprint density at radius 2 is 1.83 bits per heavy atom. The molecule has 36 heavy (non-hydrogen) atoms. The molecule has 1 unspecified atom stereocenters. The van der Waals surface area contributed by atoms with Crippen LogP contribution < -0.4 is 5.43 Å². The van der Waals surface area contributed by atoms with Crippen molar-refractivity contribution < 1.29 is 4.79 Å². The Balaban J connectivity index is 1.21. The summed E-state index contributed by atoms with van der Waals surface area (Å²) >= 11 is 1.79. The van der Waals surface area contributed by atoms with Gasteiger partial charge >= 0.3 is 0 Å². The SMILES string of the molecule is O=C(N/N=C/c1c(-c2ccccc2)nc2sc3c(n12)CCCC3)C1CCCN(Cc2ccccc2)C1. The Morgan fingerprint density at radius 1 is 1.06 bits per heavy atom. The molecule has 1 amide bonds. The second kappa shape index (κ2) is 10.4. The van der Waals surface area contributed by atoms with Crippen molar-refractivity contribution in [2.45, 2.75) is 45.1 Å². The molecule has 0 saturated carbocycles. The number of thiazole rings is 1. The van der Waals surface area contributed by atoms with E-state index in [0.717, 1.165) is 67.2 Å². The van der Waals surface area contributed by atoms with Gasteiger partial charge in [0.1, 0.15) is 0 Å². The van der Waals surface area contributed by atoms with E-state index >= 15 is 0 Å². The van der Waals surface area contributed by atoms with Crippen LogP contribution in [0.25, 0.3) is 16.2 Å². The first-order chi connectivity index (χ1) is 17.8. The summed E-state index contributed by atoms with van der Waals surface area (Å²) in [5, 5.41) is 4.46. The molecule has 2 aliphatic rings. The number of rotatable bonds is 6. The summed E-state index contributed by atoms with van der Waals surface area (Å²) in [5.74, 6) is -0.0500. The number of benzene rings is 2. The Morgan fingerprint density at radius 3 is 2.67 bits per heavy atom. The van der Waals surface area contributed by atoms with Crippen LogP contribution in [-0.2, 0) is 24.2 Å². The minimum absolute atomic E-state index is 0.00150. The van der Waals surface area contributed by atoms with Crippen molar-refractivity contribution in [1.82, 2.24) is 19.7 Å². The molecule has 6 rings (SSSR count). The molecule has 1 N–H and O–H groups in total. The van der Waals surface area contributed by atoms with Crippen LogP contribution in [0.3, 0.4) is 0 Å². The van der Waals surface area contributed by atoms with Gasteiger partial charge in [0.25, 0.3) is 0 Å². The Hall–Kier alpha value is -3.29. The first-order valence-electron chi connectivity index (χ1n) is 12.9. The first kappa shape index (κ1) is 23.1. The smallest absolute Gasteiger partial charge is 0.244 e. The van der Waals surface area contributed by atoms with Crippen molar-refractivity contribution in [3.63, 3.8) is 0 Å². The van der Waals surface area contributed by atoms with Gasteiger partial charge in [-0.25, -0.2) is 10.4 Å². The van der Waals surface area contributed by atoms with E-state index in [-0.39, 0.29) is 11.8 Å². The van der Waals surface area contributed by atoms with Gasteiger partial charge in [0, 0.05) is 29.2 Å². The molecule has 6 nitrogen and oxygen atoms in total. The Kier molecular flexibility index (Phi) is 6.66. The molecule has 1 aliphatic heterocycles. The lowest BCUT2D eigenvalue weighted by molar-refractivity contribution is -0.126. The number of hydrazone groups is 1. The summed E-state index contributed by atoms with van der Waals surface area (Å²) in [7, 11) is 0. The topological polar surface area (TPSA) is 62.0 Å². The number of carbonyl (C=O) groups is 1. The lowest BCUT2D eigenvalue weighted by atomic mass is 9.97. The lowest BCUT2D eigenvalue weighted by Gasteiger charge is -2.31. The highest BCUT2D eigenvalue weighted by atomic mass is 32.1. The number of hydrogen-bond acceptors (Lipinski definition) is 5. The standard InChI is InChI=1S/C29H31N5OS/c35-28(23-14-9-17-33(20-23)19-21-10-3-1-4-11-21)32-30-18-25-27(22-12-5-2-6-13-22)31-29-34(25)24-15-7-8-16-26(24)36-29/h1-6,10-13,18,23H,7-9,14-17,19-20H2,(H,32,35)/b30-18+. The van der Waals surface area contributed by atoms with Crippen LogP contribution in [0.5, 0.6) is 0 Å². The summed E-state index contributed by atoms with van der Waals surface area (Å²) in [6, 6.07) is 20.7. The molecule has 1 fully saturated rings. The van der Waals surface area contributed by atoms with Gasteiger partial charge in [-0.1, -0.05) is 60.7 Å². The number of aromatic nitrogens is 2. The largest absolute Gasteiger partial charge is 0.298 e. The second-order valence-corrected chi connectivity index (χ2v) is 10.9. The van der Waals surface area contributed by atoms with Crippen LogP contribution in [0, 0.1) is 5.92 Å². The van der Waals surface area contributed by atoms with Crippen LogP contribution >= 0.6 is 11.3 Å². The van der Waals surface area contributed by atoms with Gasteiger partial charge in [-0.2, -0.15) is 5.10 Å².